The number of rotatable bonds is 3. The summed E-state index contributed by atoms with van der Waals surface area (Å²) in [7, 11) is 2.72. The van der Waals surface area contributed by atoms with Crippen LogP contribution in [0, 0.1) is 0 Å². The lowest BCUT2D eigenvalue weighted by Gasteiger charge is -2.06. The van der Waals surface area contributed by atoms with Gasteiger partial charge in [0, 0.05) is 7.05 Å². The van der Waals surface area contributed by atoms with E-state index in [4.69, 9.17) is 9.47 Å². The first-order chi connectivity index (χ1) is 10.2. The zero-order chi connectivity index (χ0) is 16.5. The molecule has 22 heavy (non-hydrogen) atoms. The number of hydrogen-bond donors (Lipinski definition) is 0. The third kappa shape index (κ3) is 3.24. The maximum absolute atomic E-state index is 12.7. The highest BCUT2D eigenvalue weighted by Crippen LogP contribution is 2.39. The minimum Gasteiger partial charge on any atom is -0.497 e. The fourth-order valence-corrected chi connectivity index (χ4v) is 2.29. The number of hydrogen-bond acceptors (Lipinski definition) is 4. The Hall–Kier alpha value is -2.03. The molecule has 0 aliphatic rings. The van der Waals surface area contributed by atoms with Crippen LogP contribution in [-0.4, -0.2) is 22.9 Å². The minimum absolute atomic E-state index is 0.169. The normalized spacial score (nSPS) is 11.4. The van der Waals surface area contributed by atoms with Gasteiger partial charge in [-0.25, -0.2) is 9.48 Å². The molecule has 0 saturated carbocycles. The molecule has 1 aromatic carbocycles. The van der Waals surface area contributed by atoms with Gasteiger partial charge in [-0.3, -0.25) is 0 Å². The maximum atomic E-state index is 12.7. The Morgan fingerprint density at radius 3 is 2.32 bits per heavy atom. The number of aromatic nitrogens is 2. The second kappa shape index (κ2) is 5.99. The SMILES string of the molecule is COc1ccc(C(=O)Oc2c(Br)c(C(F)(F)F)nn2C)cc1. The highest BCUT2D eigenvalue weighted by atomic mass is 79.9. The van der Waals surface area contributed by atoms with E-state index in [1.54, 1.807) is 0 Å². The molecular formula is C13H10BrF3N2O3. The number of alkyl halides is 3. The van der Waals surface area contributed by atoms with Gasteiger partial charge in [-0.05, 0) is 40.2 Å². The van der Waals surface area contributed by atoms with Crippen LogP contribution in [0.25, 0.3) is 0 Å². The molecule has 118 valence electrons. The molecule has 0 bridgehead atoms. The summed E-state index contributed by atoms with van der Waals surface area (Å²) in [5.74, 6) is -0.592. The monoisotopic (exact) mass is 378 g/mol. The largest absolute Gasteiger partial charge is 0.497 e. The molecule has 2 rings (SSSR count). The van der Waals surface area contributed by atoms with Crippen molar-refractivity contribution in [1.29, 1.82) is 0 Å². The average molecular weight is 379 g/mol. The molecule has 2 aromatic rings. The molecule has 1 heterocycles. The fourth-order valence-electron chi connectivity index (χ4n) is 1.65. The molecule has 1 aromatic heterocycles. The number of ether oxygens (including phenoxy) is 2. The topological polar surface area (TPSA) is 53.4 Å². The smallest absolute Gasteiger partial charge is 0.436 e. The summed E-state index contributed by atoms with van der Waals surface area (Å²) in [5, 5.41) is 3.30. The molecule has 0 saturated heterocycles. The zero-order valence-electron chi connectivity index (χ0n) is 11.4. The standard InChI is InChI=1S/C13H10BrF3N2O3/c1-19-11(9(14)10(18-19)13(15,16)17)22-12(20)7-3-5-8(21-2)6-4-7/h3-6H,1-2H3. The number of halogens is 4. The molecule has 0 radical (unpaired) electrons. The lowest BCUT2D eigenvalue weighted by atomic mass is 10.2. The van der Waals surface area contributed by atoms with Crippen molar-refractivity contribution in [2.24, 2.45) is 7.05 Å². The number of carbonyl (C=O) groups is 1. The molecule has 9 heteroatoms. The van der Waals surface area contributed by atoms with Gasteiger partial charge in [0.25, 0.3) is 0 Å². The van der Waals surface area contributed by atoms with Gasteiger partial charge < -0.3 is 9.47 Å². The van der Waals surface area contributed by atoms with E-state index in [1.165, 1.54) is 38.4 Å². The van der Waals surface area contributed by atoms with Gasteiger partial charge >= 0.3 is 12.1 Å². The second-order valence-electron chi connectivity index (χ2n) is 4.21. The summed E-state index contributed by atoms with van der Waals surface area (Å²) in [6.07, 6.45) is -4.65. The molecule has 5 nitrogen and oxygen atoms in total. The van der Waals surface area contributed by atoms with Crippen LogP contribution in [0.4, 0.5) is 13.2 Å². The van der Waals surface area contributed by atoms with E-state index in [0.29, 0.717) is 5.75 Å². The first kappa shape index (κ1) is 16.3. The van der Waals surface area contributed by atoms with Crippen LogP contribution in [0.15, 0.2) is 28.7 Å². The van der Waals surface area contributed by atoms with Crippen LogP contribution in [0.2, 0.25) is 0 Å². The van der Waals surface area contributed by atoms with E-state index in [2.05, 4.69) is 21.0 Å². The molecule has 0 spiro atoms. The van der Waals surface area contributed by atoms with Crippen molar-refractivity contribution in [2.45, 2.75) is 6.18 Å². The lowest BCUT2D eigenvalue weighted by molar-refractivity contribution is -0.142. The van der Waals surface area contributed by atoms with Crippen LogP contribution < -0.4 is 9.47 Å². The fraction of sp³-hybridized carbons (Fsp3) is 0.231. The van der Waals surface area contributed by atoms with E-state index in [1.807, 2.05) is 0 Å². The third-order valence-corrected chi connectivity index (χ3v) is 3.44. The molecular weight excluding hydrogens is 369 g/mol. The Balaban J connectivity index is 2.26. The highest BCUT2D eigenvalue weighted by Gasteiger charge is 2.39. The van der Waals surface area contributed by atoms with Crippen molar-refractivity contribution >= 4 is 21.9 Å². The van der Waals surface area contributed by atoms with E-state index in [-0.39, 0.29) is 11.4 Å². The maximum Gasteiger partial charge on any atom is 0.436 e. The Labute approximate surface area is 131 Å². The predicted octanol–water partition coefficient (Wildman–Crippen LogP) is 3.43. The molecule has 0 atom stereocenters. The van der Waals surface area contributed by atoms with Crippen LogP contribution in [-0.2, 0) is 13.2 Å². The molecule has 0 unspecified atom stereocenters. The van der Waals surface area contributed by atoms with Crippen molar-refractivity contribution in [1.82, 2.24) is 9.78 Å². The van der Waals surface area contributed by atoms with Gasteiger partial charge in [0.05, 0.1) is 12.7 Å². The van der Waals surface area contributed by atoms with Crippen molar-refractivity contribution in [3.63, 3.8) is 0 Å². The number of benzene rings is 1. The van der Waals surface area contributed by atoms with Crippen molar-refractivity contribution in [3.8, 4) is 11.6 Å². The Bertz CT molecular complexity index is 696. The minimum atomic E-state index is -4.65. The zero-order valence-corrected chi connectivity index (χ0v) is 13.0. The lowest BCUT2D eigenvalue weighted by Crippen LogP contribution is -2.11. The first-order valence-corrected chi connectivity index (χ1v) is 6.69. The molecule has 0 amide bonds. The van der Waals surface area contributed by atoms with E-state index in [0.717, 1.165) is 4.68 Å². The Kier molecular flexibility index (Phi) is 4.45. The molecule has 0 N–H and O–H groups in total. The average Bonchev–Trinajstić information content (AvgIpc) is 2.75. The number of methoxy groups -OCH3 is 1. The predicted molar refractivity (Wildman–Crippen MR) is 73.9 cm³/mol. The number of carbonyl (C=O) groups excluding carboxylic acids is 1. The van der Waals surface area contributed by atoms with Crippen LogP contribution in [0.5, 0.6) is 11.6 Å². The van der Waals surface area contributed by atoms with Gasteiger partial charge in [-0.2, -0.15) is 18.3 Å². The van der Waals surface area contributed by atoms with E-state index in [9.17, 15) is 18.0 Å². The van der Waals surface area contributed by atoms with Gasteiger partial charge in [-0.1, -0.05) is 0 Å². The van der Waals surface area contributed by atoms with Crippen LogP contribution in [0.3, 0.4) is 0 Å². The Morgan fingerprint density at radius 1 is 1.27 bits per heavy atom. The van der Waals surface area contributed by atoms with Crippen molar-refractivity contribution in [3.05, 3.63) is 40.0 Å². The molecule has 0 aliphatic carbocycles. The van der Waals surface area contributed by atoms with E-state index < -0.39 is 22.3 Å². The van der Waals surface area contributed by atoms with Gasteiger partial charge in [0.1, 0.15) is 10.2 Å². The first-order valence-electron chi connectivity index (χ1n) is 5.90. The number of nitrogens with zero attached hydrogens (tertiary/aromatic N) is 2. The molecule has 0 aliphatic heterocycles. The van der Waals surface area contributed by atoms with Crippen LogP contribution in [0.1, 0.15) is 16.1 Å². The Morgan fingerprint density at radius 2 is 1.86 bits per heavy atom. The number of aryl methyl sites for hydroxylation is 1. The third-order valence-electron chi connectivity index (χ3n) is 2.72. The van der Waals surface area contributed by atoms with Gasteiger partial charge in [0.2, 0.25) is 5.88 Å². The summed E-state index contributed by atoms with van der Waals surface area (Å²) in [6.45, 7) is 0. The highest BCUT2D eigenvalue weighted by molar-refractivity contribution is 9.10. The number of esters is 1. The van der Waals surface area contributed by atoms with Crippen molar-refractivity contribution < 1.29 is 27.4 Å². The summed E-state index contributed by atoms with van der Waals surface area (Å²) in [4.78, 5) is 12.0. The summed E-state index contributed by atoms with van der Waals surface area (Å²) < 4.78 is 48.5. The quantitative estimate of drug-likeness (QED) is 0.767. The van der Waals surface area contributed by atoms with Crippen molar-refractivity contribution in [2.75, 3.05) is 7.11 Å². The summed E-state index contributed by atoms with van der Waals surface area (Å²) in [5.41, 5.74) is -0.991. The van der Waals surface area contributed by atoms with E-state index >= 15 is 0 Å². The molecule has 0 fully saturated rings. The summed E-state index contributed by atoms with van der Waals surface area (Å²) in [6, 6.07) is 5.96. The van der Waals surface area contributed by atoms with Gasteiger partial charge in [-0.15, -0.1) is 0 Å². The van der Waals surface area contributed by atoms with Crippen LogP contribution >= 0.6 is 15.9 Å². The van der Waals surface area contributed by atoms with Gasteiger partial charge in [0.15, 0.2) is 5.69 Å². The second-order valence-corrected chi connectivity index (χ2v) is 5.00. The summed E-state index contributed by atoms with van der Waals surface area (Å²) >= 11 is 2.76.